The minimum Gasteiger partial charge on any atom is -0.463 e. The summed E-state index contributed by atoms with van der Waals surface area (Å²) in [7, 11) is 0. The van der Waals surface area contributed by atoms with E-state index < -0.39 is 0 Å². The van der Waals surface area contributed by atoms with Crippen LogP contribution in [0.4, 0.5) is 5.82 Å². The molecule has 0 spiro atoms. The molecule has 4 aromatic heterocycles. The molecule has 0 aliphatic rings. The average molecular weight is 434 g/mol. The highest BCUT2D eigenvalue weighted by molar-refractivity contribution is 7.13. The largest absolute Gasteiger partial charge is 0.463 e. The molecule has 1 aromatic carbocycles. The Bertz CT molecular complexity index is 1300. The van der Waals surface area contributed by atoms with Gasteiger partial charge in [-0.3, -0.25) is 4.79 Å². The number of aryl methyl sites for hydroxylation is 1. The summed E-state index contributed by atoms with van der Waals surface area (Å²) in [6.07, 6.45) is 1.61. The monoisotopic (exact) mass is 433 g/mol. The van der Waals surface area contributed by atoms with Gasteiger partial charge in [-0.25, -0.2) is 9.97 Å². The number of hydrogen-bond donors (Lipinski definition) is 1. The van der Waals surface area contributed by atoms with Crippen molar-refractivity contribution in [3.05, 3.63) is 76.9 Å². The van der Waals surface area contributed by atoms with E-state index in [2.05, 4.69) is 20.4 Å². The SMILES string of the molecule is Cc1cc(NC(=O)c2csc(-c3ccccc3)n2)n(-c2nc(-c3ccco3)cs2)n1. The second kappa shape index (κ2) is 7.69. The van der Waals surface area contributed by atoms with Crippen LogP contribution < -0.4 is 5.32 Å². The summed E-state index contributed by atoms with van der Waals surface area (Å²) in [5.41, 5.74) is 2.83. The molecule has 0 saturated carbocycles. The molecule has 148 valence electrons. The van der Waals surface area contributed by atoms with Crippen molar-refractivity contribution in [1.29, 1.82) is 0 Å². The first-order valence-corrected chi connectivity index (χ1v) is 10.8. The Kier molecular flexibility index (Phi) is 4.74. The molecule has 0 bridgehead atoms. The summed E-state index contributed by atoms with van der Waals surface area (Å²) in [6, 6.07) is 15.3. The van der Waals surface area contributed by atoms with Crippen molar-refractivity contribution in [3.8, 4) is 27.2 Å². The Morgan fingerprint density at radius 1 is 1.07 bits per heavy atom. The van der Waals surface area contributed by atoms with Gasteiger partial charge >= 0.3 is 0 Å². The van der Waals surface area contributed by atoms with Gasteiger partial charge in [-0.1, -0.05) is 30.3 Å². The number of hydrogen-bond acceptors (Lipinski definition) is 7. The van der Waals surface area contributed by atoms with Crippen LogP contribution in [0.1, 0.15) is 16.2 Å². The maximum absolute atomic E-state index is 12.8. The first-order chi connectivity index (χ1) is 14.7. The average Bonchev–Trinajstić information content (AvgIpc) is 3.54. The summed E-state index contributed by atoms with van der Waals surface area (Å²) in [6.45, 7) is 1.86. The molecule has 1 amide bonds. The number of carbonyl (C=O) groups excluding carboxylic acids is 1. The Balaban J connectivity index is 1.40. The number of aromatic nitrogens is 4. The van der Waals surface area contributed by atoms with Crippen molar-refractivity contribution in [2.45, 2.75) is 6.92 Å². The summed E-state index contributed by atoms with van der Waals surface area (Å²) in [4.78, 5) is 21.9. The molecule has 1 N–H and O–H groups in total. The van der Waals surface area contributed by atoms with E-state index in [1.165, 1.54) is 22.7 Å². The molecule has 0 aliphatic heterocycles. The number of rotatable bonds is 5. The highest BCUT2D eigenvalue weighted by Gasteiger charge is 2.18. The van der Waals surface area contributed by atoms with Crippen LogP contribution >= 0.6 is 22.7 Å². The van der Waals surface area contributed by atoms with Crippen molar-refractivity contribution in [3.63, 3.8) is 0 Å². The van der Waals surface area contributed by atoms with Crippen LogP contribution in [0.5, 0.6) is 0 Å². The minimum atomic E-state index is -0.294. The Hall–Kier alpha value is -3.56. The lowest BCUT2D eigenvalue weighted by molar-refractivity contribution is 0.102. The van der Waals surface area contributed by atoms with Crippen LogP contribution in [0, 0.1) is 6.92 Å². The van der Waals surface area contributed by atoms with Crippen LogP contribution in [0.3, 0.4) is 0 Å². The molecule has 9 heteroatoms. The van der Waals surface area contributed by atoms with E-state index in [4.69, 9.17) is 4.42 Å². The zero-order valence-corrected chi connectivity index (χ0v) is 17.4. The van der Waals surface area contributed by atoms with E-state index in [0.29, 0.717) is 22.4 Å². The van der Waals surface area contributed by atoms with Gasteiger partial charge in [0, 0.05) is 22.4 Å². The van der Waals surface area contributed by atoms with Crippen LogP contribution in [0.2, 0.25) is 0 Å². The molecule has 7 nitrogen and oxygen atoms in total. The first kappa shape index (κ1) is 18.5. The van der Waals surface area contributed by atoms with Crippen molar-refractivity contribution in [2.24, 2.45) is 0 Å². The zero-order chi connectivity index (χ0) is 20.5. The second-order valence-corrected chi connectivity index (χ2v) is 8.13. The fraction of sp³-hybridized carbons (Fsp3) is 0.0476. The lowest BCUT2D eigenvalue weighted by Crippen LogP contribution is -2.15. The van der Waals surface area contributed by atoms with E-state index in [-0.39, 0.29) is 5.91 Å². The van der Waals surface area contributed by atoms with Crippen molar-refractivity contribution in [1.82, 2.24) is 19.7 Å². The highest BCUT2D eigenvalue weighted by atomic mass is 32.1. The van der Waals surface area contributed by atoms with Gasteiger partial charge in [-0.2, -0.15) is 9.78 Å². The quantitative estimate of drug-likeness (QED) is 0.408. The van der Waals surface area contributed by atoms with E-state index >= 15 is 0 Å². The van der Waals surface area contributed by atoms with Crippen molar-refractivity contribution >= 4 is 34.4 Å². The number of anilines is 1. The number of benzene rings is 1. The van der Waals surface area contributed by atoms with Crippen molar-refractivity contribution in [2.75, 3.05) is 5.32 Å². The molecule has 5 aromatic rings. The van der Waals surface area contributed by atoms with Gasteiger partial charge in [-0.05, 0) is 19.1 Å². The lowest BCUT2D eigenvalue weighted by atomic mass is 10.2. The van der Waals surface area contributed by atoms with E-state index in [1.807, 2.05) is 54.8 Å². The van der Waals surface area contributed by atoms with Gasteiger partial charge in [0.15, 0.2) is 5.76 Å². The number of nitrogens with one attached hydrogen (secondary N) is 1. The zero-order valence-electron chi connectivity index (χ0n) is 15.8. The predicted molar refractivity (Wildman–Crippen MR) is 117 cm³/mol. The van der Waals surface area contributed by atoms with E-state index in [1.54, 1.807) is 22.4 Å². The number of furan rings is 1. The third kappa shape index (κ3) is 3.56. The molecule has 0 atom stereocenters. The third-order valence-electron chi connectivity index (χ3n) is 4.28. The van der Waals surface area contributed by atoms with Crippen LogP contribution in [0.25, 0.3) is 27.2 Å². The number of nitrogens with zero attached hydrogens (tertiary/aromatic N) is 4. The molecule has 0 radical (unpaired) electrons. The molecule has 0 aliphatic carbocycles. The van der Waals surface area contributed by atoms with Crippen LogP contribution in [-0.4, -0.2) is 25.7 Å². The van der Waals surface area contributed by atoms with Gasteiger partial charge in [0.25, 0.3) is 5.91 Å². The molecule has 30 heavy (non-hydrogen) atoms. The maximum Gasteiger partial charge on any atom is 0.276 e. The molecule has 0 unspecified atom stereocenters. The molecule has 0 fully saturated rings. The van der Waals surface area contributed by atoms with Crippen LogP contribution in [-0.2, 0) is 0 Å². The molecular weight excluding hydrogens is 418 g/mol. The maximum atomic E-state index is 12.8. The fourth-order valence-corrected chi connectivity index (χ4v) is 4.49. The van der Waals surface area contributed by atoms with Crippen LogP contribution in [0.15, 0.2) is 70.0 Å². The third-order valence-corrected chi connectivity index (χ3v) is 5.99. The minimum absolute atomic E-state index is 0.294. The Labute approximate surface area is 179 Å². The Morgan fingerprint density at radius 2 is 1.93 bits per heavy atom. The second-order valence-electron chi connectivity index (χ2n) is 6.43. The Morgan fingerprint density at radius 3 is 2.73 bits per heavy atom. The summed E-state index contributed by atoms with van der Waals surface area (Å²) >= 11 is 2.85. The van der Waals surface area contributed by atoms with E-state index in [9.17, 15) is 4.79 Å². The van der Waals surface area contributed by atoms with Gasteiger partial charge in [0.05, 0.1) is 12.0 Å². The molecular formula is C21H15N5O2S2. The molecule has 4 heterocycles. The first-order valence-electron chi connectivity index (χ1n) is 9.06. The number of carbonyl (C=O) groups is 1. The summed E-state index contributed by atoms with van der Waals surface area (Å²) in [5.74, 6) is 0.923. The highest BCUT2D eigenvalue weighted by Crippen LogP contribution is 2.27. The van der Waals surface area contributed by atoms with Gasteiger partial charge in [0.2, 0.25) is 5.13 Å². The number of amides is 1. The van der Waals surface area contributed by atoms with Crippen molar-refractivity contribution < 1.29 is 9.21 Å². The summed E-state index contributed by atoms with van der Waals surface area (Å²) < 4.78 is 7.02. The van der Waals surface area contributed by atoms with E-state index in [0.717, 1.165) is 22.0 Å². The normalized spacial score (nSPS) is 11.0. The van der Waals surface area contributed by atoms with Gasteiger partial charge in [-0.15, -0.1) is 22.7 Å². The predicted octanol–water partition coefficient (Wildman–Crippen LogP) is 5.27. The number of thiazole rings is 2. The molecule has 0 saturated heterocycles. The lowest BCUT2D eigenvalue weighted by Gasteiger charge is -2.05. The summed E-state index contributed by atoms with van der Waals surface area (Å²) in [5, 5.41) is 12.5. The smallest absolute Gasteiger partial charge is 0.276 e. The standard InChI is InChI=1S/C21H15N5O2S2/c1-13-10-18(26(25-13)21-23-15(11-30-21)17-8-5-9-28-17)24-19(27)16-12-29-20(22-16)14-6-3-2-4-7-14/h2-12H,1H3,(H,24,27). The van der Waals surface area contributed by atoms with Gasteiger partial charge in [0.1, 0.15) is 22.2 Å². The molecule has 5 rings (SSSR count). The topological polar surface area (TPSA) is 85.8 Å². The fourth-order valence-electron chi connectivity index (χ4n) is 2.91. The van der Waals surface area contributed by atoms with Gasteiger partial charge < -0.3 is 9.73 Å².